The third-order valence-electron chi connectivity index (χ3n) is 3.69. The monoisotopic (exact) mass is 264 g/mol. The van der Waals surface area contributed by atoms with Crippen LogP contribution in [0.4, 0.5) is 0 Å². The molecule has 1 rings (SSSR count). The second-order valence-electron chi connectivity index (χ2n) is 5.00. The molecule has 3 nitrogen and oxygen atoms in total. The normalized spacial score (nSPS) is 14.6. The lowest BCUT2D eigenvalue weighted by molar-refractivity contribution is 0.0940. The van der Waals surface area contributed by atoms with Crippen LogP contribution in [-0.2, 0) is 4.74 Å². The Morgan fingerprint density at radius 1 is 1.21 bits per heavy atom. The van der Waals surface area contributed by atoms with Crippen molar-refractivity contribution >= 4 is 0 Å². The zero-order valence-corrected chi connectivity index (χ0v) is 12.7. The first-order valence-electron chi connectivity index (χ1n) is 7.24. The number of hydrogen-bond acceptors (Lipinski definition) is 3. The molecule has 0 bridgehead atoms. The minimum Gasteiger partial charge on any atom is -0.380 e. The first kappa shape index (κ1) is 16.2. The smallest absolute Gasteiger partial charge is 0.0593 e. The van der Waals surface area contributed by atoms with E-state index in [1.54, 1.807) is 0 Å². The summed E-state index contributed by atoms with van der Waals surface area (Å²) in [5.74, 6) is 0. The lowest BCUT2D eigenvalue weighted by atomic mass is 9.99. The van der Waals surface area contributed by atoms with E-state index >= 15 is 0 Å². The third-order valence-corrected chi connectivity index (χ3v) is 3.69. The number of hydrogen-bond donors (Lipinski definition) is 1. The molecule has 0 saturated heterocycles. The molecule has 2 atom stereocenters. The van der Waals surface area contributed by atoms with Crippen LogP contribution in [0.25, 0.3) is 0 Å². The molecule has 0 saturated carbocycles. The number of nitrogens with zero attached hydrogens (tertiary/aromatic N) is 1. The summed E-state index contributed by atoms with van der Waals surface area (Å²) in [6.07, 6.45) is 0. The van der Waals surface area contributed by atoms with Gasteiger partial charge in [-0.05, 0) is 32.9 Å². The third kappa shape index (κ3) is 4.94. The Bertz CT molecular complexity index is 350. The van der Waals surface area contributed by atoms with Gasteiger partial charge in [0.05, 0.1) is 6.61 Å². The van der Waals surface area contributed by atoms with Crippen LogP contribution in [-0.4, -0.2) is 37.2 Å². The van der Waals surface area contributed by atoms with E-state index in [0.29, 0.717) is 6.04 Å². The van der Waals surface area contributed by atoms with Gasteiger partial charge in [-0.15, -0.1) is 0 Å². The lowest BCUT2D eigenvalue weighted by Gasteiger charge is -2.32. The first-order valence-corrected chi connectivity index (χ1v) is 7.24. The summed E-state index contributed by atoms with van der Waals surface area (Å²) in [5, 5.41) is 0. The summed E-state index contributed by atoms with van der Waals surface area (Å²) in [6, 6.07) is 8.87. The molecule has 2 N–H and O–H groups in total. The number of likely N-dealkylation sites (N-methyl/N-ethyl adjacent to an activating group) is 1. The lowest BCUT2D eigenvalue weighted by Crippen LogP contribution is -2.42. The quantitative estimate of drug-likeness (QED) is 0.734. The van der Waals surface area contributed by atoms with Gasteiger partial charge >= 0.3 is 0 Å². The molecule has 0 aromatic heterocycles. The van der Waals surface area contributed by atoms with Crippen LogP contribution in [0.2, 0.25) is 0 Å². The largest absolute Gasteiger partial charge is 0.380 e. The Hall–Kier alpha value is -0.900. The van der Waals surface area contributed by atoms with Gasteiger partial charge in [0.1, 0.15) is 0 Å². The van der Waals surface area contributed by atoms with Crippen molar-refractivity contribution in [2.45, 2.75) is 39.8 Å². The number of aryl methyl sites for hydroxylation is 1. The van der Waals surface area contributed by atoms with Gasteiger partial charge in [-0.25, -0.2) is 0 Å². The fourth-order valence-corrected chi connectivity index (χ4v) is 2.27. The fraction of sp³-hybridized carbons (Fsp3) is 0.625. The minimum atomic E-state index is 0.0437. The topological polar surface area (TPSA) is 38.5 Å². The number of rotatable bonds is 8. The molecule has 1 aromatic rings. The van der Waals surface area contributed by atoms with Gasteiger partial charge in [-0.2, -0.15) is 0 Å². The molecule has 0 radical (unpaired) electrons. The van der Waals surface area contributed by atoms with Crippen molar-refractivity contribution in [1.29, 1.82) is 0 Å². The summed E-state index contributed by atoms with van der Waals surface area (Å²) >= 11 is 0. The molecule has 3 heteroatoms. The van der Waals surface area contributed by atoms with Gasteiger partial charge in [0.2, 0.25) is 0 Å². The van der Waals surface area contributed by atoms with Crippen LogP contribution >= 0.6 is 0 Å². The fourth-order valence-electron chi connectivity index (χ4n) is 2.27. The van der Waals surface area contributed by atoms with Crippen LogP contribution < -0.4 is 5.73 Å². The average Bonchev–Trinajstić information content (AvgIpc) is 2.43. The van der Waals surface area contributed by atoms with Gasteiger partial charge in [-0.3, -0.25) is 4.90 Å². The zero-order chi connectivity index (χ0) is 14.3. The van der Waals surface area contributed by atoms with E-state index in [1.807, 2.05) is 6.92 Å². The highest BCUT2D eigenvalue weighted by molar-refractivity contribution is 5.24. The Morgan fingerprint density at radius 2 is 1.84 bits per heavy atom. The van der Waals surface area contributed by atoms with E-state index in [4.69, 9.17) is 10.5 Å². The van der Waals surface area contributed by atoms with Crippen molar-refractivity contribution in [2.75, 3.05) is 26.3 Å². The maximum Gasteiger partial charge on any atom is 0.0593 e. The highest BCUT2D eigenvalue weighted by Crippen LogP contribution is 2.18. The van der Waals surface area contributed by atoms with Crippen LogP contribution in [0.1, 0.15) is 37.9 Å². The number of benzene rings is 1. The predicted octanol–water partition coefficient (Wildman–Crippen LogP) is 2.74. The summed E-state index contributed by atoms with van der Waals surface area (Å²) in [6.45, 7) is 12.0. The second kappa shape index (κ2) is 8.31. The van der Waals surface area contributed by atoms with E-state index in [0.717, 1.165) is 26.3 Å². The van der Waals surface area contributed by atoms with E-state index in [1.165, 1.54) is 11.1 Å². The Balaban J connectivity index is 2.62. The molecule has 0 aliphatic carbocycles. The molecule has 0 aliphatic heterocycles. The molecule has 108 valence electrons. The van der Waals surface area contributed by atoms with Crippen LogP contribution in [0.5, 0.6) is 0 Å². The minimum absolute atomic E-state index is 0.0437. The van der Waals surface area contributed by atoms with Crippen molar-refractivity contribution in [1.82, 2.24) is 4.90 Å². The molecule has 19 heavy (non-hydrogen) atoms. The molecule has 0 spiro atoms. The Morgan fingerprint density at radius 3 is 2.37 bits per heavy atom. The molecule has 0 heterocycles. The average molecular weight is 264 g/mol. The molecule has 1 aromatic carbocycles. The summed E-state index contributed by atoms with van der Waals surface area (Å²) in [4.78, 5) is 2.38. The van der Waals surface area contributed by atoms with Crippen molar-refractivity contribution in [3.8, 4) is 0 Å². The standard InChI is InChI=1S/C16H28N2O/c1-5-18(11-12-19-6-2)14(4)16(17)15-9-7-13(3)8-10-15/h7-10,14,16H,5-6,11-12,17H2,1-4H3. The summed E-state index contributed by atoms with van der Waals surface area (Å²) < 4.78 is 5.43. The van der Waals surface area contributed by atoms with Gasteiger partial charge in [0.15, 0.2) is 0 Å². The van der Waals surface area contributed by atoms with Gasteiger partial charge in [0.25, 0.3) is 0 Å². The summed E-state index contributed by atoms with van der Waals surface area (Å²) in [7, 11) is 0. The highest BCUT2D eigenvalue weighted by Gasteiger charge is 2.20. The van der Waals surface area contributed by atoms with Crippen molar-refractivity contribution in [3.05, 3.63) is 35.4 Å². The van der Waals surface area contributed by atoms with Crippen molar-refractivity contribution in [3.63, 3.8) is 0 Å². The van der Waals surface area contributed by atoms with E-state index in [9.17, 15) is 0 Å². The van der Waals surface area contributed by atoms with Crippen molar-refractivity contribution < 1.29 is 4.74 Å². The van der Waals surface area contributed by atoms with Gasteiger partial charge in [0, 0.05) is 25.2 Å². The second-order valence-corrected chi connectivity index (χ2v) is 5.00. The SMILES string of the molecule is CCOCCN(CC)C(C)C(N)c1ccc(C)cc1. The molecule has 0 fully saturated rings. The number of nitrogens with two attached hydrogens (primary N) is 1. The molecule has 2 unspecified atom stereocenters. The van der Waals surface area contributed by atoms with E-state index < -0.39 is 0 Å². The maximum absolute atomic E-state index is 6.39. The van der Waals surface area contributed by atoms with Gasteiger partial charge < -0.3 is 10.5 Å². The molecule has 0 amide bonds. The highest BCUT2D eigenvalue weighted by atomic mass is 16.5. The summed E-state index contributed by atoms with van der Waals surface area (Å²) in [5.41, 5.74) is 8.86. The first-order chi connectivity index (χ1) is 9.10. The maximum atomic E-state index is 6.39. The van der Waals surface area contributed by atoms with Crippen LogP contribution in [0.15, 0.2) is 24.3 Å². The van der Waals surface area contributed by atoms with Crippen LogP contribution in [0, 0.1) is 6.92 Å². The van der Waals surface area contributed by atoms with Crippen molar-refractivity contribution in [2.24, 2.45) is 5.73 Å². The Kier molecular flexibility index (Phi) is 7.06. The zero-order valence-electron chi connectivity index (χ0n) is 12.7. The Labute approximate surface area is 117 Å². The molecular weight excluding hydrogens is 236 g/mol. The van der Waals surface area contributed by atoms with E-state index in [2.05, 4.69) is 49.9 Å². The number of ether oxygens (including phenoxy) is 1. The molecule has 0 aliphatic rings. The van der Waals surface area contributed by atoms with E-state index in [-0.39, 0.29) is 6.04 Å². The predicted molar refractivity (Wildman–Crippen MR) is 81.3 cm³/mol. The van der Waals surface area contributed by atoms with Gasteiger partial charge in [-0.1, -0.05) is 36.8 Å². The van der Waals surface area contributed by atoms with Crippen LogP contribution in [0.3, 0.4) is 0 Å². The molecular formula is C16H28N2O.